The van der Waals surface area contributed by atoms with Crippen molar-refractivity contribution in [3.63, 3.8) is 0 Å². The highest BCUT2D eigenvalue weighted by Gasteiger charge is 1.95. The van der Waals surface area contributed by atoms with Gasteiger partial charge in [0.2, 0.25) is 0 Å². The van der Waals surface area contributed by atoms with Gasteiger partial charge in [0, 0.05) is 10.1 Å². The van der Waals surface area contributed by atoms with Gasteiger partial charge >= 0.3 is 0 Å². The smallest absolute Gasteiger partial charge is 0.0478 e. The topological polar surface area (TPSA) is 0 Å². The Morgan fingerprint density at radius 2 is 1.64 bits per heavy atom. The lowest BCUT2D eigenvalue weighted by molar-refractivity contribution is 1.39. The molecule has 1 rings (SSSR count). The van der Waals surface area contributed by atoms with Crippen LogP contribution < -0.4 is 0 Å². The predicted octanol–water partition coefficient (Wildman–Crippen LogP) is 4.89. The summed E-state index contributed by atoms with van der Waals surface area (Å²) in [6.07, 6.45) is 3.87. The molecule has 0 atom stereocenters. The van der Waals surface area contributed by atoms with Crippen molar-refractivity contribution in [1.29, 1.82) is 0 Å². The lowest BCUT2D eigenvalue weighted by atomic mass is 10.2. The Bertz CT molecular complexity index is 354. The number of benzene rings is 1. The number of rotatable bonds is 2. The molecule has 0 radical (unpaired) electrons. The van der Waals surface area contributed by atoms with E-state index in [0.29, 0.717) is 0 Å². The molecule has 0 N–H and O–H groups in total. The Morgan fingerprint density at radius 1 is 1.07 bits per heavy atom. The van der Waals surface area contributed by atoms with Gasteiger partial charge in [0.05, 0.1) is 0 Å². The van der Waals surface area contributed by atoms with E-state index in [1.54, 1.807) is 0 Å². The molecule has 0 unspecified atom stereocenters. The zero-order chi connectivity index (χ0) is 10.6. The van der Waals surface area contributed by atoms with Crippen LogP contribution in [0.3, 0.4) is 0 Å². The molecule has 0 aliphatic heterocycles. The first-order valence-electron chi connectivity index (χ1n) is 4.36. The van der Waals surface area contributed by atoms with Gasteiger partial charge in [0.25, 0.3) is 0 Å². The standard InChI is InChI=1S/C12H12Cl2/c1-9(2)3-8-12(14)10-4-6-11(13)7-5-10/h3-8H,1-2H3/b12-8+. The van der Waals surface area contributed by atoms with Gasteiger partial charge in [-0.25, -0.2) is 0 Å². The van der Waals surface area contributed by atoms with Crippen LogP contribution in [0.1, 0.15) is 19.4 Å². The molecule has 0 aliphatic rings. The fourth-order valence-corrected chi connectivity index (χ4v) is 1.26. The molecule has 0 saturated carbocycles. The Kier molecular flexibility index (Phi) is 4.24. The third kappa shape index (κ3) is 3.57. The summed E-state index contributed by atoms with van der Waals surface area (Å²) in [5.74, 6) is 0. The molecule has 0 spiro atoms. The molecule has 0 bridgehead atoms. The molecule has 0 saturated heterocycles. The number of hydrogen-bond acceptors (Lipinski definition) is 0. The zero-order valence-electron chi connectivity index (χ0n) is 8.22. The zero-order valence-corrected chi connectivity index (χ0v) is 9.73. The molecular weight excluding hydrogens is 215 g/mol. The third-order valence-electron chi connectivity index (χ3n) is 1.68. The van der Waals surface area contributed by atoms with Crippen molar-refractivity contribution in [2.45, 2.75) is 13.8 Å². The van der Waals surface area contributed by atoms with E-state index in [9.17, 15) is 0 Å². The normalized spacial score (nSPS) is 11.3. The highest BCUT2D eigenvalue weighted by atomic mass is 35.5. The summed E-state index contributed by atoms with van der Waals surface area (Å²) in [5.41, 5.74) is 2.20. The number of halogens is 2. The molecule has 0 aromatic heterocycles. The Morgan fingerprint density at radius 3 is 2.14 bits per heavy atom. The van der Waals surface area contributed by atoms with Crippen molar-refractivity contribution >= 4 is 28.2 Å². The molecule has 1 aromatic carbocycles. The second kappa shape index (κ2) is 5.23. The van der Waals surface area contributed by atoms with Crippen LogP contribution in [0.25, 0.3) is 5.03 Å². The minimum absolute atomic E-state index is 0.723. The highest BCUT2D eigenvalue weighted by molar-refractivity contribution is 6.48. The monoisotopic (exact) mass is 226 g/mol. The maximum absolute atomic E-state index is 6.08. The summed E-state index contributed by atoms with van der Waals surface area (Å²) in [4.78, 5) is 0. The maximum atomic E-state index is 6.08. The SMILES string of the molecule is CC(C)=C/C=C(/Cl)c1ccc(Cl)cc1. The van der Waals surface area contributed by atoms with E-state index < -0.39 is 0 Å². The summed E-state index contributed by atoms with van der Waals surface area (Å²) in [5, 5.41) is 1.45. The van der Waals surface area contributed by atoms with Gasteiger partial charge in [0.15, 0.2) is 0 Å². The number of allylic oxidation sites excluding steroid dienone is 3. The van der Waals surface area contributed by atoms with Crippen LogP contribution in [0.5, 0.6) is 0 Å². The summed E-state index contributed by atoms with van der Waals surface area (Å²) < 4.78 is 0. The predicted molar refractivity (Wildman–Crippen MR) is 64.7 cm³/mol. The fraction of sp³-hybridized carbons (Fsp3) is 0.167. The summed E-state index contributed by atoms with van der Waals surface area (Å²) >= 11 is 11.8. The van der Waals surface area contributed by atoms with Crippen molar-refractivity contribution in [1.82, 2.24) is 0 Å². The van der Waals surface area contributed by atoms with Crippen molar-refractivity contribution in [2.24, 2.45) is 0 Å². The average Bonchev–Trinajstić information content (AvgIpc) is 2.15. The van der Waals surface area contributed by atoms with E-state index in [4.69, 9.17) is 23.2 Å². The molecule has 0 amide bonds. The summed E-state index contributed by atoms with van der Waals surface area (Å²) in [6, 6.07) is 7.46. The average molecular weight is 227 g/mol. The first-order valence-corrected chi connectivity index (χ1v) is 5.12. The fourth-order valence-electron chi connectivity index (χ4n) is 0.945. The Labute approximate surface area is 94.8 Å². The Hall–Kier alpha value is -0.720. The van der Waals surface area contributed by atoms with Gasteiger partial charge < -0.3 is 0 Å². The summed E-state index contributed by atoms with van der Waals surface area (Å²) in [6.45, 7) is 4.06. The van der Waals surface area contributed by atoms with Crippen LogP contribution in [-0.4, -0.2) is 0 Å². The first-order chi connectivity index (χ1) is 6.59. The van der Waals surface area contributed by atoms with E-state index in [1.807, 2.05) is 50.3 Å². The number of hydrogen-bond donors (Lipinski definition) is 0. The van der Waals surface area contributed by atoms with E-state index in [1.165, 1.54) is 5.57 Å². The van der Waals surface area contributed by atoms with Crippen LogP contribution in [0.2, 0.25) is 5.02 Å². The quantitative estimate of drug-likeness (QED) is 0.631. The molecule has 14 heavy (non-hydrogen) atoms. The molecular formula is C12H12Cl2. The van der Waals surface area contributed by atoms with Gasteiger partial charge in [-0.05, 0) is 37.6 Å². The van der Waals surface area contributed by atoms with Crippen molar-refractivity contribution < 1.29 is 0 Å². The lowest BCUT2D eigenvalue weighted by Crippen LogP contribution is -1.75. The molecule has 0 nitrogen and oxygen atoms in total. The van der Waals surface area contributed by atoms with Gasteiger partial charge in [0.1, 0.15) is 0 Å². The van der Waals surface area contributed by atoms with Crippen LogP contribution in [-0.2, 0) is 0 Å². The van der Waals surface area contributed by atoms with E-state index >= 15 is 0 Å². The van der Waals surface area contributed by atoms with Gasteiger partial charge in [-0.1, -0.05) is 47.0 Å². The van der Waals surface area contributed by atoms with E-state index in [-0.39, 0.29) is 0 Å². The van der Waals surface area contributed by atoms with E-state index in [2.05, 4.69) is 0 Å². The molecule has 1 aromatic rings. The second-order valence-corrected chi connectivity index (χ2v) is 4.11. The first kappa shape index (κ1) is 11.4. The third-order valence-corrected chi connectivity index (χ3v) is 2.28. The second-order valence-electron chi connectivity index (χ2n) is 3.27. The Balaban J connectivity index is 2.89. The van der Waals surface area contributed by atoms with Gasteiger partial charge in [-0.2, -0.15) is 0 Å². The molecule has 0 aliphatic carbocycles. The highest BCUT2D eigenvalue weighted by Crippen LogP contribution is 2.21. The van der Waals surface area contributed by atoms with Crippen LogP contribution >= 0.6 is 23.2 Å². The minimum Gasteiger partial charge on any atom is -0.0843 e. The van der Waals surface area contributed by atoms with Crippen molar-refractivity contribution in [3.8, 4) is 0 Å². The lowest BCUT2D eigenvalue weighted by Gasteiger charge is -1.98. The van der Waals surface area contributed by atoms with Crippen molar-refractivity contribution in [3.05, 3.63) is 52.6 Å². The maximum Gasteiger partial charge on any atom is 0.0478 e. The summed E-state index contributed by atoms with van der Waals surface area (Å²) in [7, 11) is 0. The van der Waals surface area contributed by atoms with Crippen LogP contribution in [0.4, 0.5) is 0 Å². The molecule has 2 heteroatoms. The van der Waals surface area contributed by atoms with E-state index in [0.717, 1.165) is 15.6 Å². The van der Waals surface area contributed by atoms with Crippen LogP contribution in [0, 0.1) is 0 Å². The van der Waals surface area contributed by atoms with Crippen molar-refractivity contribution in [2.75, 3.05) is 0 Å². The molecule has 74 valence electrons. The van der Waals surface area contributed by atoms with Crippen LogP contribution in [0.15, 0.2) is 42.0 Å². The minimum atomic E-state index is 0.723. The van der Waals surface area contributed by atoms with Gasteiger partial charge in [-0.15, -0.1) is 0 Å². The molecule has 0 fully saturated rings. The largest absolute Gasteiger partial charge is 0.0843 e. The van der Waals surface area contributed by atoms with Gasteiger partial charge in [-0.3, -0.25) is 0 Å². The molecule has 0 heterocycles.